The van der Waals surface area contributed by atoms with Gasteiger partial charge in [-0.25, -0.2) is 0 Å². The first-order valence-corrected chi connectivity index (χ1v) is 12.6. The summed E-state index contributed by atoms with van der Waals surface area (Å²) < 4.78 is 4.89. The van der Waals surface area contributed by atoms with Gasteiger partial charge in [-0.3, -0.25) is 9.59 Å². The Morgan fingerprint density at radius 2 is 0.867 bits per heavy atom. The number of hydrogen-bond donors (Lipinski definition) is 0. The molecule has 0 aliphatic heterocycles. The van der Waals surface area contributed by atoms with Crippen molar-refractivity contribution in [2.45, 2.75) is 142 Å². The van der Waals surface area contributed by atoms with E-state index in [1.807, 2.05) is 0 Å². The third-order valence-corrected chi connectivity index (χ3v) is 5.35. The van der Waals surface area contributed by atoms with Gasteiger partial charge in [-0.1, -0.05) is 103 Å². The van der Waals surface area contributed by atoms with Gasteiger partial charge < -0.3 is 4.74 Å². The van der Waals surface area contributed by atoms with Gasteiger partial charge in [-0.15, -0.1) is 0 Å². The molecule has 0 aromatic carbocycles. The number of esters is 2. The second-order valence-corrected chi connectivity index (χ2v) is 8.34. The van der Waals surface area contributed by atoms with Crippen LogP contribution in [0.25, 0.3) is 0 Å². The number of rotatable bonds is 21. The quantitative estimate of drug-likeness (QED) is 0.0552. The van der Waals surface area contributed by atoms with E-state index in [9.17, 15) is 9.59 Å². The SMILES string of the molecule is CCCCCCCC/C=C\CCCCCCCC(=O)OC(=O)CCCCCCC.[Zn]. The van der Waals surface area contributed by atoms with Crippen molar-refractivity contribution in [2.24, 2.45) is 0 Å². The molecule has 0 spiro atoms. The molecule has 3 nitrogen and oxygen atoms in total. The van der Waals surface area contributed by atoms with Gasteiger partial charge in [0.15, 0.2) is 0 Å². The molecular formula is C26H48O3Zn. The van der Waals surface area contributed by atoms with Gasteiger partial charge in [0.2, 0.25) is 0 Å². The average Bonchev–Trinajstić information content (AvgIpc) is 2.70. The second kappa shape index (κ2) is 26.5. The number of hydrogen-bond acceptors (Lipinski definition) is 3. The maximum absolute atomic E-state index is 11.7. The maximum Gasteiger partial charge on any atom is 0.313 e. The Hall–Kier alpha value is -0.497. The predicted octanol–water partition coefficient (Wildman–Crippen LogP) is 8.45. The van der Waals surface area contributed by atoms with E-state index in [2.05, 4.69) is 26.0 Å². The van der Waals surface area contributed by atoms with E-state index in [0.29, 0.717) is 12.8 Å². The molecule has 0 aromatic heterocycles. The van der Waals surface area contributed by atoms with Crippen LogP contribution in [0.5, 0.6) is 0 Å². The van der Waals surface area contributed by atoms with Crippen molar-refractivity contribution in [3.63, 3.8) is 0 Å². The summed E-state index contributed by atoms with van der Waals surface area (Å²) in [6, 6.07) is 0. The Bertz CT molecular complexity index is 407. The molecule has 0 saturated carbocycles. The average molecular weight is 474 g/mol. The number of allylic oxidation sites excluding steroid dienone is 2. The van der Waals surface area contributed by atoms with Gasteiger partial charge in [0.05, 0.1) is 0 Å². The van der Waals surface area contributed by atoms with Gasteiger partial charge in [0.1, 0.15) is 0 Å². The first-order valence-electron chi connectivity index (χ1n) is 12.6. The van der Waals surface area contributed by atoms with Crippen molar-refractivity contribution in [3.8, 4) is 0 Å². The van der Waals surface area contributed by atoms with E-state index in [1.165, 1.54) is 77.0 Å². The zero-order valence-corrected chi connectivity index (χ0v) is 23.2. The van der Waals surface area contributed by atoms with E-state index in [-0.39, 0.29) is 31.4 Å². The van der Waals surface area contributed by atoms with Crippen LogP contribution in [-0.2, 0) is 33.8 Å². The minimum Gasteiger partial charge on any atom is -0.393 e. The van der Waals surface area contributed by atoms with Crippen LogP contribution in [0, 0.1) is 0 Å². The summed E-state index contributed by atoms with van der Waals surface area (Å²) in [7, 11) is 0. The number of unbranched alkanes of at least 4 members (excludes halogenated alkanes) is 15. The number of ether oxygens (including phenoxy) is 1. The molecule has 0 amide bonds. The van der Waals surface area contributed by atoms with E-state index < -0.39 is 0 Å². The molecule has 4 heteroatoms. The van der Waals surface area contributed by atoms with Crippen LogP contribution >= 0.6 is 0 Å². The van der Waals surface area contributed by atoms with Gasteiger partial charge in [-0.2, -0.15) is 0 Å². The minimum atomic E-state index is -0.348. The van der Waals surface area contributed by atoms with Gasteiger partial charge in [-0.05, 0) is 38.5 Å². The molecule has 30 heavy (non-hydrogen) atoms. The van der Waals surface area contributed by atoms with Crippen LogP contribution < -0.4 is 0 Å². The largest absolute Gasteiger partial charge is 0.393 e. The van der Waals surface area contributed by atoms with Crippen LogP contribution in [0.3, 0.4) is 0 Å². The van der Waals surface area contributed by atoms with E-state index >= 15 is 0 Å². The second-order valence-electron chi connectivity index (χ2n) is 8.34. The summed E-state index contributed by atoms with van der Waals surface area (Å²) in [5.74, 6) is -0.694. The molecule has 0 saturated heterocycles. The first-order chi connectivity index (χ1) is 14.2. The summed E-state index contributed by atoms with van der Waals surface area (Å²) in [5.41, 5.74) is 0. The zero-order valence-electron chi connectivity index (χ0n) is 20.2. The maximum atomic E-state index is 11.7. The Balaban J connectivity index is 0. The summed E-state index contributed by atoms with van der Waals surface area (Å²) in [6.45, 7) is 4.43. The van der Waals surface area contributed by atoms with Gasteiger partial charge in [0.25, 0.3) is 0 Å². The zero-order chi connectivity index (χ0) is 21.4. The summed E-state index contributed by atoms with van der Waals surface area (Å²) in [6.07, 6.45) is 26.9. The molecule has 0 rings (SSSR count). The van der Waals surface area contributed by atoms with Crippen molar-refractivity contribution < 1.29 is 33.8 Å². The van der Waals surface area contributed by atoms with Crippen LogP contribution in [0.4, 0.5) is 0 Å². The Morgan fingerprint density at radius 1 is 0.533 bits per heavy atom. The summed E-state index contributed by atoms with van der Waals surface area (Å²) in [4.78, 5) is 23.3. The van der Waals surface area contributed by atoms with Gasteiger partial charge >= 0.3 is 11.9 Å². The monoisotopic (exact) mass is 472 g/mol. The molecule has 0 radical (unpaired) electrons. The molecule has 0 aliphatic rings. The van der Waals surface area contributed by atoms with Crippen LogP contribution in [-0.4, -0.2) is 11.9 Å². The molecule has 0 heterocycles. The third kappa shape index (κ3) is 25.5. The van der Waals surface area contributed by atoms with Crippen molar-refractivity contribution in [1.82, 2.24) is 0 Å². The van der Waals surface area contributed by atoms with E-state index in [0.717, 1.165) is 38.5 Å². The van der Waals surface area contributed by atoms with Crippen molar-refractivity contribution >= 4 is 11.9 Å². The molecular weight excluding hydrogens is 426 g/mol. The summed E-state index contributed by atoms with van der Waals surface area (Å²) in [5, 5.41) is 0. The van der Waals surface area contributed by atoms with Crippen LogP contribution in [0.1, 0.15) is 142 Å². The van der Waals surface area contributed by atoms with Gasteiger partial charge in [0, 0.05) is 32.3 Å². The van der Waals surface area contributed by atoms with E-state index in [1.54, 1.807) is 0 Å². The fourth-order valence-electron chi connectivity index (χ4n) is 3.44. The number of carbonyl (C=O) groups excluding carboxylic acids is 2. The van der Waals surface area contributed by atoms with Crippen molar-refractivity contribution in [1.29, 1.82) is 0 Å². The van der Waals surface area contributed by atoms with Crippen LogP contribution in [0.15, 0.2) is 12.2 Å². The fraction of sp³-hybridized carbons (Fsp3) is 0.846. The normalized spacial score (nSPS) is 10.9. The predicted molar refractivity (Wildman–Crippen MR) is 124 cm³/mol. The fourth-order valence-corrected chi connectivity index (χ4v) is 3.44. The molecule has 0 unspecified atom stereocenters. The molecule has 0 fully saturated rings. The third-order valence-electron chi connectivity index (χ3n) is 5.35. The van der Waals surface area contributed by atoms with Crippen molar-refractivity contribution in [2.75, 3.05) is 0 Å². The Morgan fingerprint density at radius 3 is 1.27 bits per heavy atom. The standard InChI is InChI=1S/C26H48O3.Zn/c1-3-5-7-9-10-11-12-13-14-15-16-17-18-20-22-24-26(28)29-25(27)23-21-19-8-6-4-2;/h13-14H,3-12,15-24H2,1-2H3;/b14-13-;. The number of carbonyl (C=O) groups is 2. The minimum absolute atomic E-state index is 0. The smallest absolute Gasteiger partial charge is 0.313 e. The van der Waals surface area contributed by atoms with Crippen LogP contribution in [0.2, 0.25) is 0 Å². The molecule has 0 bridgehead atoms. The molecule has 172 valence electrons. The molecule has 0 aliphatic carbocycles. The molecule has 0 N–H and O–H groups in total. The topological polar surface area (TPSA) is 43.4 Å². The molecule has 0 atom stereocenters. The summed E-state index contributed by atoms with van der Waals surface area (Å²) >= 11 is 0. The van der Waals surface area contributed by atoms with E-state index in [4.69, 9.17) is 4.74 Å². The molecule has 0 aromatic rings. The Kier molecular flexibility index (Phi) is 28.0. The first kappa shape index (κ1) is 31.7. The van der Waals surface area contributed by atoms with Crippen molar-refractivity contribution in [3.05, 3.63) is 12.2 Å². The Labute approximate surface area is 199 Å².